The van der Waals surface area contributed by atoms with Crippen molar-refractivity contribution < 1.29 is 5.11 Å². The topological polar surface area (TPSA) is 58.0 Å². The summed E-state index contributed by atoms with van der Waals surface area (Å²) in [5.41, 5.74) is -0.232. The first-order valence-corrected chi connectivity index (χ1v) is 7.08. The number of nitrogens with zero attached hydrogens (tertiary/aromatic N) is 2. The summed E-state index contributed by atoms with van der Waals surface area (Å²) in [4.78, 5) is 8.50. The molecule has 0 bridgehead atoms. The maximum absolute atomic E-state index is 9.66. The number of hydrogen-bond donors (Lipinski definition) is 2. The monoisotopic (exact) mass is 347 g/mol. The quantitative estimate of drug-likeness (QED) is 0.825. The third-order valence-corrected chi connectivity index (χ3v) is 3.95. The van der Waals surface area contributed by atoms with Crippen LogP contribution in [0.1, 0.15) is 32.6 Å². The SMILES string of the molecule is CC1CCCC(CO)(Nc2ncc(I)cn2)C1. The minimum atomic E-state index is -0.232. The molecule has 17 heavy (non-hydrogen) atoms. The van der Waals surface area contributed by atoms with Crippen molar-refractivity contribution in [1.82, 2.24) is 9.97 Å². The first-order chi connectivity index (χ1) is 8.13. The fourth-order valence-corrected chi connectivity index (χ4v) is 2.85. The molecule has 0 amide bonds. The van der Waals surface area contributed by atoms with Crippen LogP contribution in [-0.4, -0.2) is 27.2 Å². The Morgan fingerprint density at radius 3 is 2.82 bits per heavy atom. The summed E-state index contributed by atoms with van der Waals surface area (Å²) >= 11 is 2.18. The number of aliphatic hydroxyl groups is 1. The number of aliphatic hydroxyl groups excluding tert-OH is 1. The molecule has 0 spiro atoms. The van der Waals surface area contributed by atoms with Gasteiger partial charge in [-0.3, -0.25) is 0 Å². The smallest absolute Gasteiger partial charge is 0.223 e. The molecule has 5 heteroatoms. The Morgan fingerprint density at radius 2 is 2.24 bits per heavy atom. The summed E-state index contributed by atoms with van der Waals surface area (Å²) in [7, 11) is 0. The van der Waals surface area contributed by atoms with Crippen LogP contribution in [-0.2, 0) is 0 Å². The van der Waals surface area contributed by atoms with Crippen LogP contribution in [0.25, 0.3) is 0 Å². The molecule has 1 saturated carbocycles. The average Bonchev–Trinajstić information content (AvgIpc) is 2.32. The van der Waals surface area contributed by atoms with Crippen molar-refractivity contribution in [3.05, 3.63) is 16.0 Å². The second-order valence-corrected chi connectivity index (χ2v) is 6.24. The van der Waals surface area contributed by atoms with Gasteiger partial charge < -0.3 is 10.4 Å². The van der Waals surface area contributed by atoms with E-state index >= 15 is 0 Å². The Bertz CT molecular complexity index is 371. The highest BCUT2D eigenvalue weighted by molar-refractivity contribution is 14.1. The van der Waals surface area contributed by atoms with E-state index in [1.165, 1.54) is 6.42 Å². The van der Waals surface area contributed by atoms with Crippen LogP contribution >= 0.6 is 22.6 Å². The molecule has 2 atom stereocenters. The molecular weight excluding hydrogens is 329 g/mol. The molecule has 0 aliphatic heterocycles. The van der Waals surface area contributed by atoms with Gasteiger partial charge in [-0.25, -0.2) is 9.97 Å². The lowest BCUT2D eigenvalue weighted by molar-refractivity contribution is 0.149. The van der Waals surface area contributed by atoms with Crippen molar-refractivity contribution in [2.45, 2.75) is 38.1 Å². The van der Waals surface area contributed by atoms with E-state index in [9.17, 15) is 5.11 Å². The van der Waals surface area contributed by atoms with Crippen LogP contribution in [0, 0.1) is 9.49 Å². The lowest BCUT2D eigenvalue weighted by Gasteiger charge is -2.39. The van der Waals surface area contributed by atoms with Crippen LogP contribution in [0.15, 0.2) is 12.4 Å². The van der Waals surface area contributed by atoms with E-state index in [0.29, 0.717) is 11.9 Å². The predicted molar refractivity (Wildman–Crippen MR) is 75.8 cm³/mol. The maximum Gasteiger partial charge on any atom is 0.223 e. The first-order valence-electron chi connectivity index (χ1n) is 6.00. The molecule has 0 aromatic carbocycles. The Labute approximate surface area is 115 Å². The van der Waals surface area contributed by atoms with E-state index in [1.54, 1.807) is 12.4 Å². The van der Waals surface area contributed by atoms with Gasteiger partial charge in [-0.15, -0.1) is 0 Å². The molecule has 1 fully saturated rings. The Kier molecular flexibility index (Phi) is 4.19. The number of anilines is 1. The number of nitrogens with one attached hydrogen (secondary N) is 1. The highest BCUT2D eigenvalue weighted by atomic mass is 127. The van der Waals surface area contributed by atoms with Gasteiger partial charge in [0.25, 0.3) is 0 Å². The van der Waals surface area contributed by atoms with Gasteiger partial charge >= 0.3 is 0 Å². The molecule has 0 saturated heterocycles. The lowest BCUT2D eigenvalue weighted by Crippen LogP contribution is -2.46. The molecule has 1 aromatic heterocycles. The number of aromatic nitrogens is 2. The van der Waals surface area contributed by atoms with Crippen LogP contribution in [0.2, 0.25) is 0 Å². The van der Waals surface area contributed by atoms with Gasteiger partial charge in [0.15, 0.2) is 0 Å². The molecule has 4 nitrogen and oxygen atoms in total. The fourth-order valence-electron chi connectivity index (χ4n) is 2.57. The van der Waals surface area contributed by atoms with E-state index in [0.717, 1.165) is 22.8 Å². The molecule has 2 rings (SSSR count). The normalized spacial score (nSPS) is 29.0. The van der Waals surface area contributed by atoms with Gasteiger partial charge in [-0.05, 0) is 41.4 Å². The number of halogens is 1. The van der Waals surface area contributed by atoms with Crippen molar-refractivity contribution in [2.75, 3.05) is 11.9 Å². The summed E-state index contributed by atoms with van der Waals surface area (Å²) in [6.45, 7) is 2.38. The van der Waals surface area contributed by atoms with E-state index in [4.69, 9.17) is 0 Å². The van der Waals surface area contributed by atoms with Gasteiger partial charge in [-0.1, -0.05) is 19.8 Å². The minimum absolute atomic E-state index is 0.146. The minimum Gasteiger partial charge on any atom is -0.394 e. The van der Waals surface area contributed by atoms with Gasteiger partial charge in [0, 0.05) is 16.0 Å². The zero-order valence-corrected chi connectivity index (χ0v) is 12.1. The van der Waals surface area contributed by atoms with E-state index in [2.05, 4.69) is 44.8 Å². The number of rotatable bonds is 3. The summed E-state index contributed by atoms with van der Waals surface area (Å²) < 4.78 is 1.02. The van der Waals surface area contributed by atoms with Crippen molar-refractivity contribution in [3.8, 4) is 0 Å². The largest absolute Gasteiger partial charge is 0.394 e. The summed E-state index contributed by atoms with van der Waals surface area (Å²) in [5, 5.41) is 13.0. The fraction of sp³-hybridized carbons (Fsp3) is 0.667. The van der Waals surface area contributed by atoms with Crippen LogP contribution in [0.4, 0.5) is 5.95 Å². The van der Waals surface area contributed by atoms with Crippen LogP contribution < -0.4 is 5.32 Å². The molecule has 2 unspecified atom stereocenters. The Hall–Kier alpha value is -0.430. The maximum atomic E-state index is 9.66. The second-order valence-electron chi connectivity index (χ2n) is 4.99. The molecule has 1 aromatic rings. The molecule has 0 radical (unpaired) electrons. The first kappa shape index (κ1) is 13.0. The van der Waals surface area contributed by atoms with Crippen molar-refractivity contribution in [3.63, 3.8) is 0 Å². The Balaban J connectivity index is 2.10. The highest BCUT2D eigenvalue weighted by Gasteiger charge is 2.34. The average molecular weight is 347 g/mol. The molecule has 1 heterocycles. The van der Waals surface area contributed by atoms with E-state index < -0.39 is 0 Å². The third-order valence-electron chi connectivity index (χ3n) is 3.39. The van der Waals surface area contributed by atoms with Crippen molar-refractivity contribution in [2.24, 2.45) is 5.92 Å². The molecule has 1 aliphatic carbocycles. The molecular formula is C12H18IN3O. The lowest BCUT2D eigenvalue weighted by atomic mass is 9.77. The standard InChI is InChI=1S/C12H18IN3O/c1-9-3-2-4-12(5-9,8-17)16-11-14-6-10(13)7-15-11/h6-7,9,17H,2-5,8H2,1H3,(H,14,15,16). The van der Waals surface area contributed by atoms with E-state index in [1.807, 2.05) is 0 Å². The third kappa shape index (κ3) is 3.28. The predicted octanol–water partition coefficient (Wildman–Crippen LogP) is 2.43. The van der Waals surface area contributed by atoms with Crippen molar-refractivity contribution >= 4 is 28.5 Å². The van der Waals surface area contributed by atoms with Gasteiger partial charge in [-0.2, -0.15) is 0 Å². The van der Waals surface area contributed by atoms with Gasteiger partial charge in [0.1, 0.15) is 0 Å². The molecule has 1 aliphatic rings. The summed E-state index contributed by atoms with van der Waals surface area (Å²) in [6.07, 6.45) is 7.94. The second kappa shape index (κ2) is 5.48. The summed E-state index contributed by atoms with van der Waals surface area (Å²) in [6, 6.07) is 0. The van der Waals surface area contributed by atoms with Crippen LogP contribution in [0.5, 0.6) is 0 Å². The molecule has 94 valence electrons. The number of hydrogen-bond acceptors (Lipinski definition) is 4. The van der Waals surface area contributed by atoms with E-state index in [-0.39, 0.29) is 12.1 Å². The van der Waals surface area contributed by atoms with Crippen LogP contribution in [0.3, 0.4) is 0 Å². The van der Waals surface area contributed by atoms with Crippen molar-refractivity contribution in [1.29, 1.82) is 0 Å². The zero-order chi connectivity index (χ0) is 12.3. The molecule has 2 N–H and O–H groups in total. The zero-order valence-electron chi connectivity index (χ0n) is 9.99. The van der Waals surface area contributed by atoms with Gasteiger partial charge in [0.2, 0.25) is 5.95 Å². The highest BCUT2D eigenvalue weighted by Crippen LogP contribution is 2.33. The van der Waals surface area contributed by atoms with Gasteiger partial charge in [0.05, 0.1) is 12.1 Å². The Morgan fingerprint density at radius 1 is 1.53 bits per heavy atom. The summed E-state index contributed by atoms with van der Waals surface area (Å²) in [5.74, 6) is 1.26.